The molecule has 0 N–H and O–H groups in total. The van der Waals surface area contributed by atoms with Crippen molar-refractivity contribution in [2.24, 2.45) is 0 Å². The van der Waals surface area contributed by atoms with E-state index in [9.17, 15) is 0 Å². The lowest BCUT2D eigenvalue weighted by atomic mass is 10.1. The number of thiol groups is 1. The van der Waals surface area contributed by atoms with Gasteiger partial charge in [-0.15, -0.1) is 45.3 Å². The van der Waals surface area contributed by atoms with E-state index < -0.39 is 0 Å². The van der Waals surface area contributed by atoms with E-state index in [4.69, 9.17) is 0 Å². The largest absolute Gasteiger partial charge is 0.179 e. The third kappa shape index (κ3) is 7.83. The third-order valence-corrected chi connectivity index (χ3v) is 11.0. The van der Waals surface area contributed by atoms with Crippen molar-refractivity contribution in [3.05, 3.63) is 58.8 Å². The normalized spacial score (nSPS) is 11.4. The monoisotopic (exact) mass is 530 g/mol. The van der Waals surface area contributed by atoms with E-state index in [-0.39, 0.29) is 0 Å². The van der Waals surface area contributed by atoms with E-state index in [1.165, 1.54) is 99.9 Å². The van der Waals surface area contributed by atoms with E-state index >= 15 is 0 Å². The standard InChI is InChI=1S/C28H34S5/c29-20-10-8-6-4-2-1-3-5-7-9-12-22-14-15-25(31-22)26-18-19-28(33-26)27-17-16-24(32-27)23-13-11-21-30-23/h11,13-19,21,29H,1-10,12,20H2. The topological polar surface area (TPSA) is 0 Å². The van der Waals surface area contributed by atoms with Gasteiger partial charge in [0.15, 0.2) is 0 Å². The lowest BCUT2D eigenvalue weighted by Gasteiger charge is -2.02. The molecule has 0 saturated heterocycles. The maximum absolute atomic E-state index is 4.28. The molecule has 0 unspecified atom stereocenters. The minimum Gasteiger partial charge on any atom is -0.179 e. The summed E-state index contributed by atoms with van der Waals surface area (Å²) in [5, 5.41) is 2.15. The highest BCUT2D eigenvalue weighted by Gasteiger charge is 2.11. The average molecular weight is 531 g/mol. The quantitative estimate of drug-likeness (QED) is 0.115. The van der Waals surface area contributed by atoms with Crippen LogP contribution >= 0.6 is 58.0 Å². The van der Waals surface area contributed by atoms with E-state index in [1.54, 1.807) is 4.88 Å². The lowest BCUT2D eigenvalue weighted by Crippen LogP contribution is -1.84. The molecule has 0 radical (unpaired) electrons. The van der Waals surface area contributed by atoms with Gasteiger partial charge in [0.1, 0.15) is 0 Å². The predicted molar refractivity (Wildman–Crippen MR) is 158 cm³/mol. The van der Waals surface area contributed by atoms with E-state index in [1.807, 2.05) is 45.3 Å². The number of rotatable bonds is 15. The summed E-state index contributed by atoms with van der Waals surface area (Å²) in [7, 11) is 0. The molecule has 5 heteroatoms. The van der Waals surface area contributed by atoms with Crippen molar-refractivity contribution < 1.29 is 0 Å². The number of unbranched alkanes of at least 4 members (excludes halogenated alkanes) is 9. The number of aryl methyl sites for hydroxylation is 1. The first-order valence-corrected chi connectivity index (χ1v) is 16.2. The van der Waals surface area contributed by atoms with Crippen molar-refractivity contribution in [2.75, 3.05) is 5.75 Å². The molecular weight excluding hydrogens is 497 g/mol. The summed E-state index contributed by atoms with van der Waals surface area (Å²) in [5.41, 5.74) is 0. The van der Waals surface area contributed by atoms with Crippen molar-refractivity contribution in [1.82, 2.24) is 0 Å². The van der Waals surface area contributed by atoms with Gasteiger partial charge in [-0.25, -0.2) is 0 Å². The van der Waals surface area contributed by atoms with Crippen LogP contribution < -0.4 is 0 Å². The fourth-order valence-electron chi connectivity index (χ4n) is 4.09. The van der Waals surface area contributed by atoms with Crippen LogP contribution in [0.25, 0.3) is 29.3 Å². The van der Waals surface area contributed by atoms with Crippen LogP contribution in [0.3, 0.4) is 0 Å². The van der Waals surface area contributed by atoms with Crippen molar-refractivity contribution in [1.29, 1.82) is 0 Å². The summed E-state index contributed by atoms with van der Waals surface area (Å²) in [5.74, 6) is 1.05. The Morgan fingerprint density at radius 3 is 1.52 bits per heavy atom. The van der Waals surface area contributed by atoms with Crippen molar-refractivity contribution >= 4 is 58.0 Å². The first-order chi connectivity index (χ1) is 16.3. The molecule has 0 aliphatic rings. The van der Waals surface area contributed by atoms with Gasteiger partial charge in [-0.3, -0.25) is 0 Å². The molecule has 0 nitrogen and oxygen atoms in total. The molecule has 176 valence electrons. The molecule has 0 aliphatic heterocycles. The Morgan fingerprint density at radius 1 is 0.485 bits per heavy atom. The Morgan fingerprint density at radius 2 is 0.970 bits per heavy atom. The van der Waals surface area contributed by atoms with Crippen LogP contribution in [0.2, 0.25) is 0 Å². The number of hydrogen-bond donors (Lipinski definition) is 1. The van der Waals surface area contributed by atoms with Crippen LogP contribution in [0.1, 0.15) is 69.1 Å². The molecule has 0 atom stereocenters. The molecule has 0 fully saturated rings. The minimum atomic E-state index is 1.05. The zero-order valence-electron chi connectivity index (χ0n) is 19.3. The van der Waals surface area contributed by atoms with E-state index in [0.717, 1.165) is 5.75 Å². The second-order valence-electron chi connectivity index (χ2n) is 8.58. The molecule has 0 aliphatic carbocycles. The van der Waals surface area contributed by atoms with Crippen LogP contribution in [0.4, 0.5) is 0 Å². The number of thiophene rings is 4. The predicted octanol–water partition coefficient (Wildman–Crippen LogP) is 11.3. The van der Waals surface area contributed by atoms with Gasteiger partial charge >= 0.3 is 0 Å². The highest BCUT2D eigenvalue weighted by atomic mass is 32.1. The van der Waals surface area contributed by atoms with E-state index in [2.05, 4.69) is 66.5 Å². The SMILES string of the molecule is SCCCCCCCCCCCCc1ccc(-c2ccc(-c3ccc(-c4cccs4)s3)s2)s1. The van der Waals surface area contributed by atoms with Gasteiger partial charge in [-0.1, -0.05) is 57.4 Å². The molecule has 4 rings (SSSR count). The molecule has 0 amide bonds. The van der Waals surface area contributed by atoms with Gasteiger partial charge in [0, 0.05) is 34.1 Å². The van der Waals surface area contributed by atoms with Gasteiger partial charge in [0.2, 0.25) is 0 Å². The van der Waals surface area contributed by atoms with E-state index in [0.29, 0.717) is 0 Å². The Labute approximate surface area is 221 Å². The van der Waals surface area contributed by atoms with Crippen LogP contribution in [0.5, 0.6) is 0 Å². The molecule has 4 aromatic rings. The average Bonchev–Trinajstić information content (AvgIpc) is 3.63. The zero-order valence-corrected chi connectivity index (χ0v) is 23.4. The van der Waals surface area contributed by atoms with Gasteiger partial charge < -0.3 is 0 Å². The van der Waals surface area contributed by atoms with Crippen molar-refractivity contribution in [2.45, 2.75) is 70.6 Å². The molecule has 4 heterocycles. The molecule has 0 saturated carbocycles. The smallest absolute Gasteiger partial charge is 0.0449 e. The second kappa shape index (κ2) is 13.9. The van der Waals surface area contributed by atoms with Crippen LogP contribution in [-0.2, 0) is 6.42 Å². The molecule has 33 heavy (non-hydrogen) atoms. The molecular formula is C28H34S5. The maximum Gasteiger partial charge on any atom is 0.0449 e. The van der Waals surface area contributed by atoms with Gasteiger partial charge in [-0.2, -0.15) is 12.6 Å². The van der Waals surface area contributed by atoms with Gasteiger partial charge in [-0.05, 0) is 72.9 Å². The highest BCUT2D eigenvalue weighted by molar-refractivity contribution is 7.80. The maximum atomic E-state index is 4.28. The first kappa shape index (κ1) is 25.2. The van der Waals surface area contributed by atoms with Crippen molar-refractivity contribution in [3.8, 4) is 29.3 Å². The highest BCUT2D eigenvalue weighted by Crippen LogP contribution is 2.42. The Bertz CT molecular complexity index is 1050. The molecule has 0 bridgehead atoms. The Kier molecular flexibility index (Phi) is 10.6. The first-order valence-electron chi connectivity index (χ1n) is 12.3. The summed E-state index contributed by atoms with van der Waals surface area (Å²) in [4.78, 5) is 9.87. The fraction of sp³-hybridized carbons (Fsp3) is 0.429. The minimum absolute atomic E-state index is 1.05. The van der Waals surface area contributed by atoms with Crippen LogP contribution in [-0.4, -0.2) is 5.75 Å². The Balaban J connectivity index is 1.17. The number of hydrogen-bond acceptors (Lipinski definition) is 5. The summed E-state index contributed by atoms with van der Waals surface area (Å²) in [6.45, 7) is 0. The molecule has 0 spiro atoms. The summed E-state index contributed by atoms with van der Waals surface area (Å²) in [6.07, 6.45) is 15.1. The second-order valence-corrected chi connectivity index (χ2v) is 13.3. The third-order valence-electron chi connectivity index (χ3n) is 5.95. The molecule has 0 aromatic carbocycles. The summed E-state index contributed by atoms with van der Waals surface area (Å²) < 4.78 is 0. The van der Waals surface area contributed by atoms with Crippen LogP contribution in [0.15, 0.2) is 53.9 Å². The zero-order chi connectivity index (χ0) is 22.7. The van der Waals surface area contributed by atoms with Crippen LogP contribution in [0, 0.1) is 0 Å². The molecule has 4 aromatic heterocycles. The summed E-state index contributed by atoms with van der Waals surface area (Å²) in [6, 6.07) is 18.2. The van der Waals surface area contributed by atoms with Crippen molar-refractivity contribution in [3.63, 3.8) is 0 Å². The Hall–Kier alpha value is -0.850. The lowest BCUT2D eigenvalue weighted by molar-refractivity contribution is 0.557. The van der Waals surface area contributed by atoms with Gasteiger partial charge in [0.05, 0.1) is 0 Å². The fourth-order valence-corrected chi connectivity index (χ4v) is 8.39. The summed E-state index contributed by atoms with van der Waals surface area (Å²) >= 11 is 11.9. The van der Waals surface area contributed by atoms with Gasteiger partial charge in [0.25, 0.3) is 0 Å².